The highest BCUT2D eigenvalue weighted by Gasteiger charge is 2.29. The van der Waals surface area contributed by atoms with E-state index in [0.717, 1.165) is 12.8 Å². The van der Waals surface area contributed by atoms with Crippen LogP contribution in [0.5, 0.6) is 0 Å². The van der Waals surface area contributed by atoms with Crippen LogP contribution in [0.25, 0.3) is 0 Å². The zero-order valence-corrected chi connectivity index (χ0v) is 13.8. The van der Waals surface area contributed by atoms with Crippen LogP contribution in [0.4, 0.5) is 0 Å². The number of carbonyl (C=O) groups excluding carboxylic acids is 1. The van der Waals surface area contributed by atoms with Gasteiger partial charge in [-0.2, -0.15) is 0 Å². The van der Waals surface area contributed by atoms with Crippen molar-refractivity contribution in [2.45, 2.75) is 65.0 Å². The first-order valence-electron chi connectivity index (χ1n) is 8.10. The minimum atomic E-state index is -0.883. The fraction of sp³-hybridized carbons (Fsp3) is 0.875. The lowest BCUT2D eigenvalue weighted by molar-refractivity contribution is -0.141. The SMILES string of the molecule is CC[C@H](C)[C@H](NCC(=O)N(C)C1CCCCC1C)C(=O)O. The molecule has 0 spiro atoms. The van der Waals surface area contributed by atoms with Crippen LogP contribution < -0.4 is 5.32 Å². The summed E-state index contributed by atoms with van der Waals surface area (Å²) in [6.07, 6.45) is 5.41. The lowest BCUT2D eigenvalue weighted by Gasteiger charge is -2.36. The molecule has 0 aromatic carbocycles. The molecule has 0 heterocycles. The molecule has 2 unspecified atom stereocenters. The number of carboxylic acid groups (broad SMARTS) is 1. The fourth-order valence-electron chi connectivity index (χ4n) is 3.15. The van der Waals surface area contributed by atoms with Crippen molar-refractivity contribution in [1.82, 2.24) is 10.2 Å². The minimum absolute atomic E-state index is 0.00853. The Morgan fingerprint density at radius 1 is 1.33 bits per heavy atom. The second-order valence-electron chi connectivity index (χ2n) is 6.42. The van der Waals surface area contributed by atoms with Gasteiger partial charge in [0.2, 0.25) is 5.91 Å². The molecule has 1 aliphatic carbocycles. The average molecular weight is 298 g/mol. The summed E-state index contributed by atoms with van der Waals surface area (Å²) in [5.41, 5.74) is 0. The maximum absolute atomic E-state index is 12.3. The van der Waals surface area contributed by atoms with Crippen LogP contribution in [0.3, 0.4) is 0 Å². The molecule has 0 radical (unpaired) electrons. The fourth-order valence-corrected chi connectivity index (χ4v) is 3.15. The summed E-state index contributed by atoms with van der Waals surface area (Å²) in [7, 11) is 1.84. The molecule has 0 saturated heterocycles. The quantitative estimate of drug-likeness (QED) is 0.755. The standard InChI is InChI=1S/C16H30N2O3/c1-5-11(2)15(16(20)21)17-10-14(19)18(4)13-9-7-6-8-12(13)3/h11-13,15,17H,5-10H2,1-4H3,(H,20,21)/t11-,12?,13?,15-/m0/s1. The summed E-state index contributed by atoms with van der Waals surface area (Å²) in [6, 6.07) is -0.365. The Morgan fingerprint density at radius 2 is 1.95 bits per heavy atom. The molecule has 1 saturated carbocycles. The normalized spacial score (nSPS) is 25.1. The van der Waals surface area contributed by atoms with Gasteiger partial charge in [-0.1, -0.05) is 40.0 Å². The van der Waals surface area contributed by atoms with E-state index < -0.39 is 12.0 Å². The Bertz CT molecular complexity index is 359. The highest BCUT2D eigenvalue weighted by atomic mass is 16.4. The van der Waals surface area contributed by atoms with Crippen LogP contribution in [0.2, 0.25) is 0 Å². The molecule has 1 amide bonds. The van der Waals surface area contributed by atoms with Crippen molar-refractivity contribution in [2.75, 3.05) is 13.6 Å². The smallest absolute Gasteiger partial charge is 0.320 e. The molecule has 4 atom stereocenters. The average Bonchev–Trinajstić information content (AvgIpc) is 2.46. The third kappa shape index (κ3) is 4.99. The summed E-state index contributed by atoms with van der Waals surface area (Å²) in [5.74, 6) is -0.360. The summed E-state index contributed by atoms with van der Waals surface area (Å²) >= 11 is 0. The van der Waals surface area contributed by atoms with Gasteiger partial charge in [0.25, 0.3) is 0 Å². The van der Waals surface area contributed by atoms with Gasteiger partial charge < -0.3 is 10.0 Å². The van der Waals surface area contributed by atoms with Gasteiger partial charge >= 0.3 is 5.97 Å². The molecular weight excluding hydrogens is 268 g/mol. The van der Waals surface area contributed by atoms with Crippen molar-refractivity contribution < 1.29 is 14.7 Å². The van der Waals surface area contributed by atoms with Crippen molar-refractivity contribution in [3.8, 4) is 0 Å². The topological polar surface area (TPSA) is 69.6 Å². The molecule has 1 fully saturated rings. The molecular formula is C16H30N2O3. The van der Waals surface area contributed by atoms with E-state index in [1.165, 1.54) is 19.3 Å². The number of amides is 1. The van der Waals surface area contributed by atoms with Gasteiger partial charge in [0.1, 0.15) is 6.04 Å². The van der Waals surface area contributed by atoms with E-state index in [2.05, 4.69) is 12.2 Å². The molecule has 1 rings (SSSR count). The third-order valence-corrected chi connectivity index (χ3v) is 4.91. The van der Waals surface area contributed by atoms with E-state index in [1.807, 2.05) is 25.8 Å². The van der Waals surface area contributed by atoms with E-state index in [0.29, 0.717) is 12.0 Å². The Kier molecular flexibility index (Phi) is 7.15. The molecule has 122 valence electrons. The number of carboxylic acids is 1. The number of carbonyl (C=O) groups is 2. The van der Waals surface area contributed by atoms with E-state index in [1.54, 1.807) is 0 Å². The second kappa shape index (κ2) is 8.37. The molecule has 0 aliphatic heterocycles. The van der Waals surface area contributed by atoms with Crippen molar-refractivity contribution in [3.63, 3.8) is 0 Å². The van der Waals surface area contributed by atoms with Crippen LogP contribution in [0.1, 0.15) is 52.9 Å². The summed E-state index contributed by atoms with van der Waals surface area (Å²) in [6.45, 7) is 6.14. The van der Waals surface area contributed by atoms with Crippen molar-refractivity contribution in [1.29, 1.82) is 0 Å². The summed E-state index contributed by atoms with van der Waals surface area (Å²) < 4.78 is 0. The Labute approximate surface area is 128 Å². The Morgan fingerprint density at radius 3 is 2.48 bits per heavy atom. The van der Waals surface area contributed by atoms with Crippen LogP contribution in [-0.2, 0) is 9.59 Å². The Hall–Kier alpha value is -1.10. The van der Waals surface area contributed by atoms with Gasteiger partial charge in [0.05, 0.1) is 6.54 Å². The van der Waals surface area contributed by atoms with E-state index in [9.17, 15) is 14.7 Å². The molecule has 0 aromatic heterocycles. The summed E-state index contributed by atoms with van der Waals surface area (Å²) in [5, 5.41) is 12.1. The number of hydrogen-bond acceptors (Lipinski definition) is 3. The molecule has 5 heteroatoms. The zero-order chi connectivity index (χ0) is 16.0. The highest BCUT2D eigenvalue weighted by molar-refractivity contribution is 5.80. The monoisotopic (exact) mass is 298 g/mol. The van der Waals surface area contributed by atoms with Gasteiger partial charge in [0, 0.05) is 13.1 Å². The number of nitrogens with one attached hydrogen (secondary N) is 1. The van der Waals surface area contributed by atoms with E-state index >= 15 is 0 Å². The van der Waals surface area contributed by atoms with Crippen LogP contribution >= 0.6 is 0 Å². The predicted molar refractivity (Wildman–Crippen MR) is 83.1 cm³/mol. The molecule has 5 nitrogen and oxygen atoms in total. The third-order valence-electron chi connectivity index (χ3n) is 4.91. The van der Waals surface area contributed by atoms with E-state index in [-0.39, 0.29) is 18.4 Å². The molecule has 2 N–H and O–H groups in total. The van der Waals surface area contributed by atoms with Gasteiger partial charge in [-0.15, -0.1) is 0 Å². The first-order valence-corrected chi connectivity index (χ1v) is 8.10. The first kappa shape index (κ1) is 18.0. The van der Waals surface area contributed by atoms with Gasteiger partial charge in [-0.25, -0.2) is 0 Å². The zero-order valence-electron chi connectivity index (χ0n) is 13.8. The highest BCUT2D eigenvalue weighted by Crippen LogP contribution is 2.27. The van der Waals surface area contributed by atoms with E-state index in [4.69, 9.17) is 0 Å². The molecule has 0 bridgehead atoms. The predicted octanol–water partition coefficient (Wildman–Crippen LogP) is 2.11. The van der Waals surface area contributed by atoms with Gasteiger partial charge in [-0.05, 0) is 24.7 Å². The molecule has 0 aromatic rings. The molecule has 1 aliphatic rings. The molecule has 21 heavy (non-hydrogen) atoms. The second-order valence-corrected chi connectivity index (χ2v) is 6.42. The minimum Gasteiger partial charge on any atom is -0.480 e. The lowest BCUT2D eigenvalue weighted by atomic mass is 9.85. The van der Waals surface area contributed by atoms with Gasteiger partial charge in [0.15, 0.2) is 0 Å². The number of hydrogen-bond donors (Lipinski definition) is 2. The van der Waals surface area contributed by atoms with Crippen LogP contribution in [0.15, 0.2) is 0 Å². The Balaban J connectivity index is 2.53. The maximum atomic E-state index is 12.3. The van der Waals surface area contributed by atoms with Crippen LogP contribution in [0, 0.1) is 11.8 Å². The van der Waals surface area contributed by atoms with Crippen LogP contribution in [-0.4, -0.2) is 47.6 Å². The van der Waals surface area contributed by atoms with Crippen molar-refractivity contribution in [2.24, 2.45) is 11.8 Å². The van der Waals surface area contributed by atoms with Gasteiger partial charge in [-0.3, -0.25) is 14.9 Å². The lowest BCUT2D eigenvalue weighted by Crippen LogP contribution is -2.50. The number of aliphatic carboxylic acids is 1. The maximum Gasteiger partial charge on any atom is 0.320 e. The number of nitrogens with zero attached hydrogens (tertiary/aromatic N) is 1. The van der Waals surface area contributed by atoms with Crippen molar-refractivity contribution >= 4 is 11.9 Å². The largest absolute Gasteiger partial charge is 0.480 e. The first-order chi connectivity index (χ1) is 9.88. The number of likely N-dealkylation sites (N-methyl/N-ethyl adjacent to an activating group) is 1. The number of rotatable bonds is 7. The van der Waals surface area contributed by atoms with Crippen molar-refractivity contribution in [3.05, 3.63) is 0 Å². The summed E-state index contributed by atoms with van der Waals surface area (Å²) in [4.78, 5) is 25.4.